The van der Waals surface area contributed by atoms with Gasteiger partial charge in [-0.1, -0.05) is 6.92 Å². The summed E-state index contributed by atoms with van der Waals surface area (Å²) in [6.07, 6.45) is 3.72. The molecule has 1 atom stereocenters. The van der Waals surface area contributed by atoms with Gasteiger partial charge in [0.1, 0.15) is 5.82 Å². The molecule has 1 N–H and O–H groups in total. The number of hydrogen-bond donors (Lipinski definition) is 1. The molecule has 0 aromatic heterocycles. The van der Waals surface area contributed by atoms with E-state index in [-0.39, 0.29) is 5.82 Å². The Morgan fingerprint density at radius 2 is 2.19 bits per heavy atom. The Hall–Kier alpha value is -0.570. The Morgan fingerprint density at radius 3 is 2.75 bits per heavy atom. The first-order valence-corrected chi connectivity index (χ1v) is 6.63. The van der Waals surface area contributed by atoms with Gasteiger partial charge in [0, 0.05) is 11.7 Å². The number of rotatable bonds is 4. The summed E-state index contributed by atoms with van der Waals surface area (Å²) < 4.78 is 14.0. The minimum absolute atomic E-state index is 0.196. The first kappa shape index (κ1) is 11.9. The molecule has 2 rings (SSSR count). The van der Waals surface area contributed by atoms with Crippen LogP contribution in [0, 0.1) is 18.7 Å². The van der Waals surface area contributed by atoms with Gasteiger partial charge in [-0.25, -0.2) is 4.39 Å². The van der Waals surface area contributed by atoms with Crippen LogP contribution >= 0.6 is 15.9 Å². The number of nitrogens with one attached hydrogen (secondary N) is 1. The first-order valence-electron chi connectivity index (χ1n) is 5.84. The van der Waals surface area contributed by atoms with Crippen molar-refractivity contribution < 1.29 is 4.39 Å². The number of anilines is 1. The van der Waals surface area contributed by atoms with E-state index in [4.69, 9.17) is 0 Å². The van der Waals surface area contributed by atoms with Crippen LogP contribution in [-0.4, -0.2) is 6.04 Å². The van der Waals surface area contributed by atoms with Crippen LogP contribution in [0.15, 0.2) is 16.6 Å². The van der Waals surface area contributed by atoms with Gasteiger partial charge in [0.05, 0.1) is 4.47 Å². The molecule has 1 fully saturated rings. The van der Waals surface area contributed by atoms with Crippen molar-refractivity contribution in [3.63, 3.8) is 0 Å². The van der Waals surface area contributed by atoms with E-state index >= 15 is 0 Å². The van der Waals surface area contributed by atoms with Crippen LogP contribution < -0.4 is 5.32 Å². The van der Waals surface area contributed by atoms with Crippen molar-refractivity contribution in [3.8, 4) is 0 Å². The summed E-state index contributed by atoms with van der Waals surface area (Å²) in [4.78, 5) is 0. The molecule has 1 aromatic carbocycles. The minimum atomic E-state index is -0.196. The predicted octanol–water partition coefficient (Wildman–Crippen LogP) is 4.50. The van der Waals surface area contributed by atoms with E-state index < -0.39 is 0 Å². The number of aryl methyl sites for hydroxylation is 1. The van der Waals surface area contributed by atoms with Crippen molar-refractivity contribution in [2.75, 3.05) is 5.32 Å². The predicted molar refractivity (Wildman–Crippen MR) is 69.3 cm³/mol. The lowest BCUT2D eigenvalue weighted by Crippen LogP contribution is -2.21. The van der Waals surface area contributed by atoms with Crippen LogP contribution in [0.4, 0.5) is 10.1 Å². The maximum absolute atomic E-state index is 13.4. The fourth-order valence-corrected chi connectivity index (χ4v) is 2.51. The molecular formula is C13H17BrFN. The molecule has 1 saturated carbocycles. The lowest BCUT2D eigenvalue weighted by atomic mass is 10.1. The molecule has 1 aromatic rings. The normalized spacial score (nSPS) is 17.2. The first-order chi connectivity index (χ1) is 7.61. The second kappa shape index (κ2) is 4.74. The Labute approximate surface area is 105 Å². The molecule has 1 aliphatic rings. The van der Waals surface area contributed by atoms with E-state index in [1.165, 1.54) is 12.8 Å². The molecule has 0 spiro atoms. The topological polar surface area (TPSA) is 12.0 Å². The second-order valence-corrected chi connectivity index (χ2v) is 5.43. The molecule has 88 valence electrons. The fraction of sp³-hybridized carbons (Fsp3) is 0.538. The highest BCUT2D eigenvalue weighted by atomic mass is 79.9. The van der Waals surface area contributed by atoms with E-state index in [1.54, 1.807) is 6.07 Å². The van der Waals surface area contributed by atoms with Crippen LogP contribution in [0.5, 0.6) is 0 Å². The maximum Gasteiger partial charge on any atom is 0.139 e. The standard InChI is InChI=1S/C13H17BrFN/c1-3-12(9-4-5-9)16-13-7-11(15)10(14)6-8(13)2/h6-7,9,12,16H,3-5H2,1-2H3. The van der Waals surface area contributed by atoms with Crippen LogP contribution in [0.3, 0.4) is 0 Å². The highest BCUT2D eigenvalue weighted by molar-refractivity contribution is 9.10. The minimum Gasteiger partial charge on any atom is -0.382 e. The average molecular weight is 286 g/mol. The molecule has 1 nitrogen and oxygen atoms in total. The molecule has 0 saturated heterocycles. The van der Waals surface area contributed by atoms with E-state index in [0.717, 1.165) is 23.6 Å². The summed E-state index contributed by atoms with van der Waals surface area (Å²) in [6, 6.07) is 3.92. The molecule has 1 unspecified atom stereocenters. The van der Waals surface area contributed by atoms with E-state index in [1.807, 2.05) is 13.0 Å². The molecule has 0 heterocycles. The van der Waals surface area contributed by atoms with Gasteiger partial charge in [-0.15, -0.1) is 0 Å². The van der Waals surface area contributed by atoms with Crippen LogP contribution in [0.2, 0.25) is 0 Å². The van der Waals surface area contributed by atoms with Gasteiger partial charge in [0.15, 0.2) is 0 Å². The van der Waals surface area contributed by atoms with E-state index in [0.29, 0.717) is 10.5 Å². The zero-order valence-electron chi connectivity index (χ0n) is 9.69. The largest absolute Gasteiger partial charge is 0.382 e. The second-order valence-electron chi connectivity index (χ2n) is 4.58. The molecule has 3 heteroatoms. The van der Waals surface area contributed by atoms with Crippen molar-refractivity contribution >= 4 is 21.6 Å². The van der Waals surface area contributed by atoms with Gasteiger partial charge in [0.2, 0.25) is 0 Å². The molecule has 16 heavy (non-hydrogen) atoms. The Morgan fingerprint density at radius 1 is 1.50 bits per heavy atom. The lowest BCUT2D eigenvalue weighted by molar-refractivity contribution is 0.607. The summed E-state index contributed by atoms with van der Waals surface area (Å²) in [5.74, 6) is 0.592. The third-order valence-electron chi connectivity index (χ3n) is 3.24. The molecule has 0 bridgehead atoms. The Bertz CT molecular complexity index is 388. The van der Waals surface area contributed by atoms with Gasteiger partial charge in [-0.2, -0.15) is 0 Å². The van der Waals surface area contributed by atoms with Gasteiger partial charge in [-0.3, -0.25) is 0 Å². The quantitative estimate of drug-likeness (QED) is 0.859. The number of benzene rings is 1. The fourth-order valence-electron chi connectivity index (χ4n) is 2.05. The lowest BCUT2D eigenvalue weighted by Gasteiger charge is -2.19. The van der Waals surface area contributed by atoms with Crippen molar-refractivity contribution in [2.45, 2.75) is 39.2 Å². The molecule has 0 amide bonds. The summed E-state index contributed by atoms with van der Waals surface area (Å²) in [5, 5.41) is 3.47. The Balaban J connectivity index is 2.16. The Kier molecular flexibility index (Phi) is 3.53. The summed E-state index contributed by atoms with van der Waals surface area (Å²) >= 11 is 3.20. The third kappa shape index (κ3) is 2.57. The summed E-state index contributed by atoms with van der Waals surface area (Å²) in [5.41, 5.74) is 2.02. The van der Waals surface area contributed by atoms with Crippen LogP contribution in [0.1, 0.15) is 31.7 Å². The maximum atomic E-state index is 13.4. The monoisotopic (exact) mass is 285 g/mol. The zero-order valence-corrected chi connectivity index (χ0v) is 11.3. The smallest absolute Gasteiger partial charge is 0.139 e. The van der Waals surface area contributed by atoms with Crippen molar-refractivity contribution in [1.82, 2.24) is 0 Å². The average Bonchev–Trinajstić information content (AvgIpc) is 3.05. The van der Waals surface area contributed by atoms with Gasteiger partial charge in [0.25, 0.3) is 0 Å². The molecule has 1 aliphatic carbocycles. The highest BCUT2D eigenvalue weighted by Crippen LogP contribution is 2.36. The van der Waals surface area contributed by atoms with Crippen LogP contribution in [0.25, 0.3) is 0 Å². The van der Waals surface area contributed by atoms with E-state index in [2.05, 4.69) is 28.2 Å². The van der Waals surface area contributed by atoms with Crippen molar-refractivity contribution in [1.29, 1.82) is 0 Å². The SMILES string of the molecule is CCC(Nc1cc(F)c(Br)cc1C)C1CC1. The number of hydrogen-bond acceptors (Lipinski definition) is 1. The molecule has 0 radical (unpaired) electrons. The zero-order chi connectivity index (χ0) is 11.7. The van der Waals surface area contributed by atoms with Gasteiger partial charge >= 0.3 is 0 Å². The number of halogens is 2. The van der Waals surface area contributed by atoms with Crippen LogP contribution in [-0.2, 0) is 0 Å². The third-order valence-corrected chi connectivity index (χ3v) is 3.85. The molecular weight excluding hydrogens is 269 g/mol. The summed E-state index contributed by atoms with van der Waals surface area (Å²) in [6.45, 7) is 4.19. The van der Waals surface area contributed by atoms with Gasteiger partial charge < -0.3 is 5.32 Å². The van der Waals surface area contributed by atoms with Crippen molar-refractivity contribution in [2.24, 2.45) is 5.92 Å². The van der Waals surface area contributed by atoms with Gasteiger partial charge in [-0.05, 0) is 65.7 Å². The van der Waals surface area contributed by atoms with E-state index in [9.17, 15) is 4.39 Å². The highest BCUT2D eigenvalue weighted by Gasteiger charge is 2.30. The summed E-state index contributed by atoms with van der Waals surface area (Å²) in [7, 11) is 0. The van der Waals surface area contributed by atoms with Crippen molar-refractivity contribution in [3.05, 3.63) is 28.0 Å². The molecule has 0 aliphatic heterocycles.